The molecule has 24 heavy (non-hydrogen) atoms. The van der Waals surface area contributed by atoms with Gasteiger partial charge in [0.05, 0.1) is 6.20 Å². The standard InChI is InChI=1S/C16H19N7O/c1-12(2)22(9-13-7-19-21(3)8-13)16(24)14-4-5-18-15(6-14)23-11-17-10-20-23/h4-8,10-12H,9H2,1-3H3. The molecule has 0 atom stereocenters. The van der Waals surface area contributed by atoms with Crippen LogP contribution in [0.25, 0.3) is 5.82 Å². The van der Waals surface area contributed by atoms with Gasteiger partial charge in [-0.15, -0.1) is 0 Å². The van der Waals surface area contributed by atoms with Gasteiger partial charge in [-0.2, -0.15) is 10.2 Å². The van der Waals surface area contributed by atoms with Crippen LogP contribution in [-0.2, 0) is 13.6 Å². The van der Waals surface area contributed by atoms with Gasteiger partial charge in [-0.05, 0) is 26.0 Å². The Morgan fingerprint density at radius 3 is 2.79 bits per heavy atom. The maximum atomic E-state index is 12.9. The van der Waals surface area contributed by atoms with E-state index in [9.17, 15) is 4.79 Å². The van der Waals surface area contributed by atoms with Crippen LogP contribution < -0.4 is 0 Å². The molecule has 0 saturated heterocycles. The first-order chi connectivity index (χ1) is 11.5. The second kappa shape index (κ2) is 6.61. The lowest BCUT2D eigenvalue weighted by Crippen LogP contribution is -2.36. The molecule has 1 amide bonds. The van der Waals surface area contributed by atoms with Gasteiger partial charge in [-0.25, -0.2) is 14.6 Å². The number of aryl methyl sites for hydroxylation is 1. The van der Waals surface area contributed by atoms with Gasteiger partial charge >= 0.3 is 0 Å². The third-order valence-corrected chi connectivity index (χ3v) is 3.64. The fourth-order valence-electron chi connectivity index (χ4n) is 2.41. The van der Waals surface area contributed by atoms with E-state index in [0.717, 1.165) is 5.56 Å². The third-order valence-electron chi connectivity index (χ3n) is 3.64. The van der Waals surface area contributed by atoms with Crippen molar-refractivity contribution in [3.8, 4) is 5.82 Å². The van der Waals surface area contributed by atoms with Crippen LogP contribution in [0.2, 0.25) is 0 Å². The topological polar surface area (TPSA) is 81.7 Å². The third kappa shape index (κ3) is 3.32. The first-order valence-electron chi connectivity index (χ1n) is 7.64. The Morgan fingerprint density at radius 2 is 2.17 bits per heavy atom. The molecule has 8 nitrogen and oxygen atoms in total. The molecule has 0 aromatic carbocycles. The highest BCUT2D eigenvalue weighted by molar-refractivity contribution is 5.94. The van der Waals surface area contributed by atoms with E-state index in [4.69, 9.17) is 0 Å². The van der Waals surface area contributed by atoms with Crippen LogP contribution in [0.15, 0.2) is 43.4 Å². The molecule has 124 valence electrons. The second-order valence-corrected chi connectivity index (χ2v) is 5.79. The van der Waals surface area contributed by atoms with E-state index in [1.54, 1.807) is 40.4 Å². The molecule has 0 aliphatic rings. The van der Waals surface area contributed by atoms with Crippen LogP contribution in [0.4, 0.5) is 0 Å². The number of carbonyl (C=O) groups is 1. The van der Waals surface area contributed by atoms with E-state index < -0.39 is 0 Å². The van der Waals surface area contributed by atoms with Crippen molar-refractivity contribution in [3.05, 3.63) is 54.5 Å². The lowest BCUT2D eigenvalue weighted by Gasteiger charge is -2.26. The van der Waals surface area contributed by atoms with E-state index >= 15 is 0 Å². The Bertz CT molecular complexity index is 823. The van der Waals surface area contributed by atoms with Gasteiger partial charge < -0.3 is 4.90 Å². The first kappa shape index (κ1) is 15.9. The van der Waals surface area contributed by atoms with E-state index in [2.05, 4.69) is 20.2 Å². The minimum absolute atomic E-state index is 0.0562. The molecule has 3 rings (SSSR count). The molecule has 0 aliphatic heterocycles. The SMILES string of the molecule is CC(C)N(Cc1cnn(C)c1)C(=O)c1ccnc(-n2cncn2)c1. The lowest BCUT2D eigenvalue weighted by molar-refractivity contribution is 0.0690. The summed E-state index contributed by atoms with van der Waals surface area (Å²) in [6, 6.07) is 3.48. The molecule has 3 heterocycles. The van der Waals surface area contributed by atoms with E-state index in [1.807, 2.05) is 27.1 Å². The zero-order valence-electron chi connectivity index (χ0n) is 13.9. The molecule has 3 aromatic heterocycles. The van der Waals surface area contributed by atoms with Gasteiger partial charge in [0.25, 0.3) is 5.91 Å². The molecule has 0 fully saturated rings. The number of aromatic nitrogens is 6. The van der Waals surface area contributed by atoms with Crippen LogP contribution >= 0.6 is 0 Å². The predicted octanol–water partition coefficient (Wildman–Crippen LogP) is 1.45. The highest BCUT2D eigenvalue weighted by Crippen LogP contribution is 2.14. The van der Waals surface area contributed by atoms with E-state index in [1.165, 1.54) is 11.0 Å². The predicted molar refractivity (Wildman–Crippen MR) is 87.4 cm³/mol. The minimum Gasteiger partial charge on any atom is -0.332 e. The number of carbonyl (C=O) groups excluding carboxylic acids is 1. The summed E-state index contributed by atoms with van der Waals surface area (Å²) in [4.78, 5) is 22.9. The van der Waals surface area contributed by atoms with Crippen molar-refractivity contribution in [3.63, 3.8) is 0 Å². The van der Waals surface area contributed by atoms with Crippen molar-refractivity contribution < 1.29 is 4.79 Å². The number of rotatable bonds is 5. The summed E-state index contributed by atoms with van der Waals surface area (Å²) >= 11 is 0. The highest BCUT2D eigenvalue weighted by atomic mass is 16.2. The molecule has 0 bridgehead atoms. The van der Waals surface area contributed by atoms with Crippen LogP contribution in [0, 0.1) is 0 Å². The fourth-order valence-corrected chi connectivity index (χ4v) is 2.41. The summed E-state index contributed by atoms with van der Waals surface area (Å²) in [5.74, 6) is 0.501. The number of hydrogen-bond acceptors (Lipinski definition) is 5. The zero-order chi connectivity index (χ0) is 17.1. The van der Waals surface area contributed by atoms with E-state index in [-0.39, 0.29) is 11.9 Å². The van der Waals surface area contributed by atoms with Crippen molar-refractivity contribution in [2.24, 2.45) is 7.05 Å². The monoisotopic (exact) mass is 325 g/mol. The molecular formula is C16H19N7O. The first-order valence-corrected chi connectivity index (χ1v) is 7.64. The summed E-state index contributed by atoms with van der Waals surface area (Å²) in [7, 11) is 1.86. The number of amides is 1. The normalized spacial score (nSPS) is 11.0. The summed E-state index contributed by atoms with van der Waals surface area (Å²) in [5.41, 5.74) is 1.55. The maximum absolute atomic E-state index is 12.9. The Balaban J connectivity index is 1.86. The van der Waals surface area contributed by atoms with Crippen molar-refractivity contribution >= 4 is 5.91 Å². The van der Waals surface area contributed by atoms with Crippen LogP contribution in [0.5, 0.6) is 0 Å². The fraction of sp³-hybridized carbons (Fsp3) is 0.312. The average molecular weight is 325 g/mol. The summed E-state index contributed by atoms with van der Waals surface area (Å²) in [6.45, 7) is 4.49. The molecule has 0 spiro atoms. The molecule has 8 heteroatoms. The van der Waals surface area contributed by atoms with Crippen molar-refractivity contribution in [2.45, 2.75) is 26.4 Å². The Hall–Kier alpha value is -3.03. The van der Waals surface area contributed by atoms with Gasteiger partial charge in [0.1, 0.15) is 12.7 Å². The summed E-state index contributed by atoms with van der Waals surface area (Å²) < 4.78 is 3.26. The van der Waals surface area contributed by atoms with E-state index in [0.29, 0.717) is 17.9 Å². The smallest absolute Gasteiger partial charge is 0.254 e. The molecular weight excluding hydrogens is 306 g/mol. The summed E-state index contributed by atoms with van der Waals surface area (Å²) in [5, 5.41) is 8.20. The van der Waals surface area contributed by atoms with Gasteiger partial charge in [-0.3, -0.25) is 9.48 Å². The van der Waals surface area contributed by atoms with Crippen molar-refractivity contribution in [2.75, 3.05) is 0 Å². The van der Waals surface area contributed by atoms with Crippen molar-refractivity contribution in [1.82, 2.24) is 34.4 Å². The number of nitrogens with zero attached hydrogens (tertiary/aromatic N) is 7. The minimum atomic E-state index is -0.0578. The van der Waals surface area contributed by atoms with Crippen molar-refractivity contribution in [1.29, 1.82) is 0 Å². The lowest BCUT2D eigenvalue weighted by atomic mass is 10.1. The van der Waals surface area contributed by atoms with Crippen LogP contribution in [0.1, 0.15) is 29.8 Å². The molecule has 0 unspecified atom stereocenters. The van der Waals surface area contributed by atoms with Gasteiger partial charge in [0, 0.05) is 43.2 Å². The Kier molecular flexibility index (Phi) is 4.37. The zero-order valence-corrected chi connectivity index (χ0v) is 13.9. The second-order valence-electron chi connectivity index (χ2n) is 5.79. The van der Waals surface area contributed by atoms with Gasteiger partial charge in [0.15, 0.2) is 5.82 Å². The molecule has 0 radical (unpaired) electrons. The van der Waals surface area contributed by atoms with Gasteiger partial charge in [-0.1, -0.05) is 0 Å². The molecule has 0 saturated carbocycles. The van der Waals surface area contributed by atoms with Gasteiger partial charge in [0.2, 0.25) is 0 Å². The highest BCUT2D eigenvalue weighted by Gasteiger charge is 2.20. The average Bonchev–Trinajstić information content (AvgIpc) is 3.23. The molecule has 0 N–H and O–H groups in total. The maximum Gasteiger partial charge on any atom is 0.254 e. The van der Waals surface area contributed by atoms with Crippen LogP contribution in [0.3, 0.4) is 0 Å². The largest absolute Gasteiger partial charge is 0.332 e. The quantitative estimate of drug-likeness (QED) is 0.709. The van der Waals surface area contributed by atoms with Crippen LogP contribution in [-0.4, -0.2) is 46.4 Å². The summed E-state index contributed by atoms with van der Waals surface area (Å²) in [6.07, 6.45) is 8.27. The Morgan fingerprint density at radius 1 is 1.33 bits per heavy atom. The Labute approximate surface area is 139 Å². The molecule has 0 aliphatic carbocycles. The number of pyridine rings is 1. The molecule has 3 aromatic rings. The number of hydrogen-bond donors (Lipinski definition) is 0.